The van der Waals surface area contributed by atoms with Gasteiger partial charge in [-0.05, 0) is 37.5 Å². The van der Waals surface area contributed by atoms with Gasteiger partial charge in [0.2, 0.25) is 5.91 Å². The molecular weight excluding hydrogens is 353 g/mol. The number of halogens is 2. The van der Waals surface area contributed by atoms with Crippen molar-refractivity contribution in [1.29, 1.82) is 0 Å². The molecule has 1 saturated heterocycles. The number of rotatable bonds is 6. The number of carbonyl (C=O) groups is 2. The lowest BCUT2D eigenvalue weighted by Crippen LogP contribution is -2.40. The number of methoxy groups -OCH3 is 1. The lowest BCUT2D eigenvalue weighted by Gasteiger charge is -2.30. The van der Waals surface area contributed by atoms with Crippen molar-refractivity contribution in [2.45, 2.75) is 25.7 Å². The topological polar surface area (TPSA) is 55.8 Å². The lowest BCUT2D eigenvalue weighted by molar-refractivity contribution is -0.148. The highest BCUT2D eigenvalue weighted by Gasteiger charge is 2.27. The summed E-state index contributed by atoms with van der Waals surface area (Å²) in [5, 5.41) is 1.01. The number of carbonyl (C=O) groups excluding carboxylic acids is 2. The van der Waals surface area contributed by atoms with Crippen LogP contribution in [0.1, 0.15) is 25.7 Å². The molecule has 0 spiro atoms. The highest BCUT2D eigenvalue weighted by molar-refractivity contribution is 6.35. The molecule has 0 unspecified atom stereocenters. The largest absolute Gasteiger partial charge is 0.492 e. The highest BCUT2D eigenvalue weighted by atomic mass is 35.5. The van der Waals surface area contributed by atoms with E-state index in [9.17, 15) is 9.59 Å². The minimum atomic E-state index is -0.185. The molecule has 1 aliphatic rings. The Balaban J connectivity index is 1.68. The number of esters is 1. The molecule has 2 rings (SSSR count). The van der Waals surface area contributed by atoms with Crippen molar-refractivity contribution in [1.82, 2.24) is 4.90 Å². The van der Waals surface area contributed by atoms with Gasteiger partial charge in [0.1, 0.15) is 5.75 Å². The molecule has 0 bridgehead atoms. The van der Waals surface area contributed by atoms with Crippen molar-refractivity contribution in [2.24, 2.45) is 5.92 Å². The number of amides is 1. The molecule has 0 aromatic heterocycles. The van der Waals surface area contributed by atoms with E-state index in [4.69, 9.17) is 32.7 Å². The molecule has 7 heteroatoms. The summed E-state index contributed by atoms with van der Waals surface area (Å²) in [6, 6.07) is 5.04. The van der Waals surface area contributed by atoms with Crippen LogP contribution in [0.4, 0.5) is 0 Å². The first-order valence-electron chi connectivity index (χ1n) is 7.94. The maximum atomic E-state index is 12.2. The van der Waals surface area contributed by atoms with Crippen LogP contribution in [-0.4, -0.2) is 43.6 Å². The maximum absolute atomic E-state index is 12.2. The van der Waals surface area contributed by atoms with E-state index < -0.39 is 0 Å². The van der Waals surface area contributed by atoms with Crippen molar-refractivity contribution >= 4 is 35.1 Å². The van der Waals surface area contributed by atoms with Gasteiger partial charge in [-0.25, -0.2) is 0 Å². The zero-order valence-corrected chi connectivity index (χ0v) is 15.1. The average Bonchev–Trinajstić information content (AvgIpc) is 2.59. The highest BCUT2D eigenvalue weighted by Crippen LogP contribution is 2.27. The van der Waals surface area contributed by atoms with Gasteiger partial charge in [-0.1, -0.05) is 23.2 Å². The van der Waals surface area contributed by atoms with Crippen molar-refractivity contribution in [3.63, 3.8) is 0 Å². The third-order valence-electron chi connectivity index (χ3n) is 4.07. The Bertz CT molecular complexity index is 586. The minimum absolute atomic E-state index is 0.0871. The molecule has 1 heterocycles. The standard InChI is InChI=1S/C17H21Cl2NO4/c1-23-17(22)12-6-8-20(9-7-12)16(21)3-2-10-24-15-5-4-13(18)11-14(15)19/h4-5,11-12H,2-3,6-10H2,1H3. The van der Waals surface area contributed by atoms with Gasteiger partial charge in [0.15, 0.2) is 0 Å². The molecule has 0 atom stereocenters. The van der Waals surface area contributed by atoms with Gasteiger partial charge >= 0.3 is 5.97 Å². The Morgan fingerprint density at radius 1 is 1.25 bits per heavy atom. The predicted molar refractivity (Wildman–Crippen MR) is 92.5 cm³/mol. The van der Waals surface area contributed by atoms with E-state index in [-0.39, 0.29) is 17.8 Å². The Hall–Kier alpha value is -1.46. The van der Waals surface area contributed by atoms with Gasteiger partial charge < -0.3 is 14.4 Å². The summed E-state index contributed by atoms with van der Waals surface area (Å²) in [6.45, 7) is 1.61. The Morgan fingerprint density at radius 2 is 1.96 bits per heavy atom. The maximum Gasteiger partial charge on any atom is 0.308 e. The molecule has 1 aromatic carbocycles. The summed E-state index contributed by atoms with van der Waals surface area (Å²) in [4.78, 5) is 25.5. The lowest BCUT2D eigenvalue weighted by atomic mass is 9.97. The first-order chi connectivity index (χ1) is 11.5. The second-order valence-corrected chi connectivity index (χ2v) is 6.55. The van der Waals surface area contributed by atoms with Crippen LogP contribution in [-0.2, 0) is 14.3 Å². The molecule has 0 saturated carbocycles. The number of nitrogens with zero attached hydrogens (tertiary/aromatic N) is 1. The number of benzene rings is 1. The molecule has 132 valence electrons. The summed E-state index contributed by atoms with van der Waals surface area (Å²) in [5.74, 6) is 0.376. The first-order valence-corrected chi connectivity index (χ1v) is 8.70. The molecule has 5 nitrogen and oxygen atoms in total. The summed E-state index contributed by atoms with van der Waals surface area (Å²) < 4.78 is 10.3. The molecule has 0 radical (unpaired) electrons. The summed E-state index contributed by atoms with van der Waals surface area (Å²) in [6.07, 6.45) is 2.34. The zero-order valence-electron chi connectivity index (χ0n) is 13.6. The quantitative estimate of drug-likeness (QED) is 0.564. The van der Waals surface area contributed by atoms with Gasteiger partial charge in [-0.2, -0.15) is 0 Å². The average molecular weight is 374 g/mol. The Labute approximate surface area is 151 Å². The fraction of sp³-hybridized carbons (Fsp3) is 0.529. The van der Waals surface area contributed by atoms with E-state index in [1.54, 1.807) is 23.1 Å². The van der Waals surface area contributed by atoms with Crippen LogP contribution >= 0.6 is 23.2 Å². The summed E-state index contributed by atoms with van der Waals surface area (Å²) in [7, 11) is 1.40. The van der Waals surface area contributed by atoms with Crippen molar-refractivity contribution in [2.75, 3.05) is 26.8 Å². The van der Waals surface area contributed by atoms with Gasteiger partial charge in [0, 0.05) is 24.5 Å². The predicted octanol–water partition coefficient (Wildman–Crippen LogP) is 3.56. The summed E-state index contributed by atoms with van der Waals surface area (Å²) in [5.41, 5.74) is 0. The van der Waals surface area contributed by atoms with Gasteiger partial charge in [0.05, 0.1) is 24.7 Å². The number of hydrogen-bond acceptors (Lipinski definition) is 4. The van der Waals surface area contributed by atoms with Crippen molar-refractivity contribution in [3.05, 3.63) is 28.2 Å². The SMILES string of the molecule is COC(=O)C1CCN(C(=O)CCCOc2ccc(Cl)cc2Cl)CC1. The second-order valence-electron chi connectivity index (χ2n) is 5.70. The van der Waals surface area contributed by atoms with Crippen LogP contribution in [0.5, 0.6) is 5.75 Å². The second kappa shape index (κ2) is 9.14. The van der Waals surface area contributed by atoms with Gasteiger partial charge in [-0.15, -0.1) is 0 Å². The molecule has 1 amide bonds. The van der Waals surface area contributed by atoms with E-state index in [1.165, 1.54) is 7.11 Å². The van der Waals surface area contributed by atoms with E-state index in [0.29, 0.717) is 61.2 Å². The monoisotopic (exact) mass is 373 g/mol. The Kier molecular flexibility index (Phi) is 7.18. The molecule has 1 aromatic rings. The van der Waals surface area contributed by atoms with Crippen LogP contribution in [0.3, 0.4) is 0 Å². The van der Waals surface area contributed by atoms with E-state index >= 15 is 0 Å². The normalized spacial score (nSPS) is 15.2. The van der Waals surface area contributed by atoms with Crippen LogP contribution in [0.2, 0.25) is 10.0 Å². The molecule has 1 fully saturated rings. The molecular formula is C17H21Cl2NO4. The molecule has 24 heavy (non-hydrogen) atoms. The summed E-state index contributed by atoms with van der Waals surface area (Å²) >= 11 is 11.8. The van der Waals surface area contributed by atoms with E-state index in [1.807, 2.05) is 0 Å². The number of hydrogen-bond donors (Lipinski definition) is 0. The van der Waals surface area contributed by atoms with E-state index in [0.717, 1.165) is 0 Å². The Morgan fingerprint density at radius 3 is 2.58 bits per heavy atom. The number of likely N-dealkylation sites (tertiary alicyclic amines) is 1. The van der Waals surface area contributed by atoms with Crippen LogP contribution in [0.25, 0.3) is 0 Å². The molecule has 0 aliphatic carbocycles. The van der Waals surface area contributed by atoms with Crippen LogP contribution in [0, 0.1) is 5.92 Å². The fourth-order valence-corrected chi connectivity index (χ4v) is 3.15. The van der Waals surface area contributed by atoms with Crippen molar-refractivity contribution in [3.8, 4) is 5.75 Å². The minimum Gasteiger partial charge on any atom is -0.492 e. The van der Waals surface area contributed by atoms with Gasteiger partial charge in [0.25, 0.3) is 0 Å². The van der Waals surface area contributed by atoms with Crippen LogP contribution < -0.4 is 4.74 Å². The third kappa shape index (κ3) is 5.28. The van der Waals surface area contributed by atoms with E-state index in [2.05, 4.69) is 0 Å². The van der Waals surface area contributed by atoms with Crippen LogP contribution in [0.15, 0.2) is 18.2 Å². The number of ether oxygens (including phenoxy) is 2. The van der Waals surface area contributed by atoms with Gasteiger partial charge in [-0.3, -0.25) is 9.59 Å². The molecule has 1 aliphatic heterocycles. The fourth-order valence-electron chi connectivity index (χ4n) is 2.69. The first kappa shape index (κ1) is 18.9. The van der Waals surface area contributed by atoms with Crippen molar-refractivity contribution < 1.29 is 19.1 Å². The number of piperidine rings is 1. The smallest absolute Gasteiger partial charge is 0.308 e. The third-order valence-corrected chi connectivity index (χ3v) is 4.60. The molecule has 0 N–H and O–H groups in total. The zero-order chi connectivity index (χ0) is 17.5.